The van der Waals surface area contributed by atoms with Gasteiger partial charge in [0.15, 0.2) is 0 Å². The maximum atomic E-state index is 13.0. The summed E-state index contributed by atoms with van der Waals surface area (Å²) < 4.78 is 2.53. The number of hydrogen-bond acceptors (Lipinski definition) is 4. The fourth-order valence-electron chi connectivity index (χ4n) is 3.04. The van der Waals surface area contributed by atoms with Gasteiger partial charge in [0, 0.05) is 10.7 Å². The number of aromatic amines is 1. The molecule has 0 spiro atoms. The number of nitrogens with zero attached hydrogens (tertiary/aromatic N) is 3. The van der Waals surface area contributed by atoms with E-state index in [1.165, 1.54) is 16.0 Å². The molecule has 0 saturated carbocycles. The summed E-state index contributed by atoms with van der Waals surface area (Å²) >= 11 is 7.49. The molecule has 1 N–H and O–H groups in total. The van der Waals surface area contributed by atoms with E-state index in [1.807, 2.05) is 57.2 Å². The molecule has 2 aromatic heterocycles. The minimum atomic E-state index is -0.153. The molecule has 4 aromatic rings. The summed E-state index contributed by atoms with van der Waals surface area (Å²) in [5.74, 6) is 0. The summed E-state index contributed by atoms with van der Waals surface area (Å²) in [7, 11) is 0. The second-order valence-corrected chi connectivity index (χ2v) is 7.79. The number of aliphatic imine (C=N–C) groups is 1. The third-order valence-electron chi connectivity index (χ3n) is 4.35. The first-order valence-electron chi connectivity index (χ1n) is 8.43. The second-order valence-electron chi connectivity index (χ2n) is 6.34. The van der Waals surface area contributed by atoms with E-state index < -0.39 is 0 Å². The Bertz CT molecular complexity index is 1220. The third kappa shape index (κ3) is 3.22. The fourth-order valence-corrected chi connectivity index (χ4v) is 4.20. The first-order valence-corrected chi connectivity index (χ1v) is 9.63. The van der Waals surface area contributed by atoms with Gasteiger partial charge in [-0.05, 0) is 56.7 Å². The van der Waals surface area contributed by atoms with E-state index >= 15 is 0 Å². The lowest BCUT2D eigenvalue weighted by molar-refractivity contribution is 0.829. The van der Waals surface area contributed by atoms with E-state index in [0.29, 0.717) is 21.4 Å². The Hall–Kier alpha value is -2.70. The predicted molar refractivity (Wildman–Crippen MR) is 112 cm³/mol. The number of hydrogen-bond donors (Lipinski definition) is 1. The van der Waals surface area contributed by atoms with Crippen molar-refractivity contribution in [1.29, 1.82) is 0 Å². The highest BCUT2D eigenvalue weighted by Crippen LogP contribution is 2.25. The lowest BCUT2D eigenvalue weighted by atomic mass is 10.1. The molecule has 2 aromatic carbocycles. The topological polar surface area (TPSA) is 63.0 Å². The molecule has 0 aliphatic carbocycles. The summed E-state index contributed by atoms with van der Waals surface area (Å²) in [6, 6.07) is 13.3. The molecular weight excluding hydrogens is 380 g/mol. The zero-order valence-electron chi connectivity index (χ0n) is 15.1. The minimum absolute atomic E-state index is 0.153. The van der Waals surface area contributed by atoms with E-state index in [0.717, 1.165) is 27.2 Å². The normalized spacial score (nSPS) is 12.1. The minimum Gasteiger partial charge on any atom is -0.293 e. The van der Waals surface area contributed by atoms with Crippen LogP contribution in [-0.2, 0) is 0 Å². The molecule has 7 heteroatoms. The van der Waals surface area contributed by atoms with Crippen LogP contribution in [0.5, 0.6) is 0 Å². The number of nitrogens with one attached hydrogen (secondary N) is 1. The molecule has 136 valence electrons. The van der Waals surface area contributed by atoms with Crippen LogP contribution in [0.15, 0.2) is 52.3 Å². The van der Waals surface area contributed by atoms with Crippen molar-refractivity contribution in [2.75, 3.05) is 0 Å². The van der Waals surface area contributed by atoms with Crippen LogP contribution in [-0.4, -0.2) is 20.5 Å². The highest BCUT2D eigenvalue weighted by Gasteiger charge is 2.17. The first-order chi connectivity index (χ1) is 12.9. The van der Waals surface area contributed by atoms with Crippen molar-refractivity contribution in [2.45, 2.75) is 20.8 Å². The highest BCUT2D eigenvalue weighted by molar-refractivity contribution is 7.20. The molecule has 0 aliphatic rings. The van der Waals surface area contributed by atoms with Gasteiger partial charge in [0.1, 0.15) is 0 Å². The van der Waals surface area contributed by atoms with Gasteiger partial charge in [-0.25, -0.2) is 4.98 Å². The molecule has 0 fully saturated rings. The van der Waals surface area contributed by atoms with Crippen molar-refractivity contribution in [1.82, 2.24) is 14.8 Å². The van der Waals surface area contributed by atoms with Gasteiger partial charge in [0.2, 0.25) is 5.13 Å². The Balaban J connectivity index is 1.80. The molecule has 0 saturated heterocycles. The van der Waals surface area contributed by atoms with Gasteiger partial charge in [-0.3, -0.25) is 14.9 Å². The molecule has 5 nitrogen and oxygen atoms in total. The molecular formula is C20H17ClN4OS. The monoisotopic (exact) mass is 396 g/mol. The van der Waals surface area contributed by atoms with E-state index in [1.54, 1.807) is 6.07 Å². The summed E-state index contributed by atoms with van der Waals surface area (Å²) in [6.07, 6.45) is 0. The lowest BCUT2D eigenvalue weighted by Gasteiger charge is -2.03. The molecule has 0 aliphatic heterocycles. The number of para-hydroxylation sites is 1. The van der Waals surface area contributed by atoms with Crippen LogP contribution in [0.4, 0.5) is 5.69 Å². The molecule has 0 bridgehead atoms. The molecule has 0 unspecified atom stereocenters. The van der Waals surface area contributed by atoms with Gasteiger partial charge in [0.25, 0.3) is 5.56 Å². The molecule has 0 atom stereocenters. The largest absolute Gasteiger partial charge is 0.293 e. The maximum absolute atomic E-state index is 13.0. The van der Waals surface area contributed by atoms with Crippen molar-refractivity contribution in [2.24, 2.45) is 4.99 Å². The first kappa shape index (κ1) is 17.7. The van der Waals surface area contributed by atoms with Gasteiger partial charge in [0.05, 0.1) is 27.2 Å². The Labute approximate surface area is 165 Å². The van der Waals surface area contributed by atoms with E-state index in [4.69, 9.17) is 11.6 Å². The Morgan fingerprint density at radius 1 is 1.22 bits per heavy atom. The molecule has 0 radical (unpaired) electrons. The predicted octanol–water partition coefficient (Wildman–Crippen LogP) is 5.19. The van der Waals surface area contributed by atoms with Gasteiger partial charge in [-0.1, -0.05) is 35.1 Å². The zero-order chi connectivity index (χ0) is 19.1. The number of thiazole rings is 1. The van der Waals surface area contributed by atoms with E-state index in [9.17, 15) is 4.79 Å². The van der Waals surface area contributed by atoms with Gasteiger partial charge in [-0.2, -0.15) is 4.68 Å². The third-order valence-corrected chi connectivity index (χ3v) is 5.61. The number of benzene rings is 2. The van der Waals surface area contributed by atoms with Crippen molar-refractivity contribution in [3.05, 3.63) is 74.7 Å². The van der Waals surface area contributed by atoms with Crippen LogP contribution in [0.3, 0.4) is 0 Å². The maximum Gasteiger partial charge on any atom is 0.282 e. The number of fused-ring (bicyclic) bond motifs is 1. The fraction of sp³-hybridized carbons (Fsp3) is 0.150. The molecule has 27 heavy (non-hydrogen) atoms. The van der Waals surface area contributed by atoms with E-state index in [-0.39, 0.29) is 5.56 Å². The van der Waals surface area contributed by atoms with Crippen molar-refractivity contribution >= 4 is 44.6 Å². The average Bonchev–Trinajstić information content (AvgIpc) is 3.17. The van der Waals surface area contributed by atoms with Gasteiger partial charge < -0.3 is 0 Å². The average molecular weight is 397 g/mol. The number of halogens is 1. The van der Waals surface area contributed by atoms with E-state index in [2.05, 4.69) is 15.1 Å². The number of H-pyrrole nitrogens is 1. The van der Waals surface area contributed by atoms with Crippen LogP contribution in [0.1, 0.15) is 23.7 Å². The van der Waals surface area contributed by atoms with Crippen molar-refractivity contribution in [3.8, 4) is 5.13 Å². The van der Waals surface area contributed by atoms with Crippen LogP contribution in [0.25, 0.3) is 15.3 Å². The van der Waals surface area contributed by atoms with Crippen LogP contribution in [0, 0.1) is 13.8 Å². The Morgan fingerprint density at radius 3 is 2.74 bits per heavy atom. The number of rotatable bonds is 3. The number of aryl methyl sites for hydroxylation is 2. The molecule has 2 heterocycles. The lowest BCUT2D eigenvalue weighted by Crippen LogP contribution is -2.19. The van der Waals surface area contributed by atoms with Crippen molar-refractivity contribution in [3.63, 3.8) is 0 Å². The van der Waals surface area contributed by atoms with Crippen LogP contribution >= 0.6 is 22.9 Å². The second kappa shape index (κ2) is 6.79. The SMILES string of the molecule is CC(=Nc1ccc(Cl)cc1C)c1c(C)[nH]n(-c2nc3ccccc3s2)c1=O. The standard InChI is InChI=1S/C20H17ClN4OS/c1-11-10-14(21)8-9-15(11)22-12(2)18-13(3)24-25(19(18)26)20-23-16-6-4-5-7-17(16)27-20/h4-10,24H,1-3H3. The summed E-state index contributed by atoms with van der Waals surface area (Å²) in [5.41, 5.74) is 4.44. The van der Waals surface area contributed by atoms with Gasteiger partial charge in [-0.15, -0.1) is 0 Å². The highest BCUT2D eigenvalue weighted by atomic mass is 35.5. The number of aromatic nitrogens is 3. The molecule has 0 amide bonds. The van der Waals surface area contributed by atoms with Crippen molar-refractivity contribution < 1.29 is 0 Å². The summed E-state index contributed by atoms with van der Waals surface area (Å²) in [5, 5.41) is 4.41. The summed E-state index contributed by atoms with van der Waals surface area (Å²) in [4.78, 5) is 22.2. The quantitative estimate of drug-likeness (QED) is 0.484. The van der Waals surface area contributed by atoms with Crippen LogP contribution in [0.2, 0.25) is 5.02 Å². The van der Waals surface area contributed by atoms with Gasteiger partial charge >= 0.3 is 0 Å². The van der Waals surface area contributed by atoms with Crippen LogP contribution < -0.4 is 5.56 Å². The molecule has 4 rings (SSSR count). The Kier molecular flexibility index (Phi) is 4.45. The Morgan fingerprint density at radius 2 is 2.00 bits per heavy atom. The smallest absolute Gasteiger partial charge is 0.282 e. The zero-order valence-corrected chi connectivity index (χ0v) is 16.6. The summed E-state index contributed by atoms with van der Waals surface area (Å²) in [6.45, 7) is 5.66.